The number of piperazine rings is 1. The molecule has 17 heteroatoms. The number of carbonyl (C=O) groups excluding carboxylic acids is 1. The Kier molecular flexibility index (Phi) is 9.05. The molecule has 1 fully saturated rings. The van der Waals surface area contributed by atoms with Crippen molar-refractivity contribution in [3.05, 3.63) is 97.0 Å². The van der Waals surface area contributed by atoms with Gasteiger partial charge in [0, 0.05) is 57.2 Å². The number of nitrogens with zero attached hydrogens (tertiary/aromatic N) is 5. The highest BCUT2D eigenvalue weighted by Gasteiger charge is 2.52. The maximum Gasteiger partial charge on any atom is 0.260 e. The summed E-state index contributed by atoms with van der Waals surface area (Å²) in [6.45, 7) is 1.15. The van der Waals surface area contributed by atoms with E-state index in [0.717, 1.165) is 10.0 Å². The van der Waals surface area contributed by atoms with Crippen molar-refractivity contribution in [1.29, 1.82) is 0 Å². The van der Waals surface area contributed by atoms with Gasteiger partial charge in [0.05, 0.1) is 16.8 Å². The van der Waals surface area contributed by atoms with Crippen LogP contribution in [0.15, 0.2) is 81.3 Å². The molecule has 2 aliphatic rings. The molecule has 1 amide bonds. The highest BCUT2D eigenvalue weighted by Crippen LogP contribution is 2.45. The van der Waals surface area contributed by atoms with Crippen LogP contribution in [0, 0.1) is 0 Å². The predicted molar refractivity (Wildman–Crippen MR) is 181 cm³/mol. The molecule has 6 rings (SSSR count). The molecule has 0 bridgehead atoms. The minimum atomic E-state index is -4.27. The van der Waals surface area contributed by atoms with E-state index in [-0.39, 0.29) is 68.6 Å². The van der Waals surface area contributed by atoms with Crippen LogP contribution < -0.4 is 4.90 Å². The van der Waals surface area contributed by atoms with Crippen LogP contribution in [0.5, 0.6) is 0 Å². The maximum atomic E-state index is 14.3. The van der Waals surface area contributed by atoms with Crippen LogP contribution in [-0.2, 0) is 36.8 Å². The Bertz CT molecular complexity index is 2050. The second-order valence-corrected chi connectivity index (χ2v) is 17.5. The predicted octanol–water partition coefficient (Wildman–Crippen LogP) is 6.59. The van der Waals surface area contributed by atoms with Gasteiger partial charge >= 0.3 is 0 Å². The minimum Gasteiger partial charge on any atom is -0.284 e. The zero-order valence-corrected chi connectivity index (χ0v) is 30.1. The number of hydrogen-bond acceptors (Lipinski definition) is 6. The molecular weight excluding hydrogens is 784 g/mol. The van der Waals surface area contributed by atoms with E-state index in [1.807, 2.05) is 24.3 Å². The van der Waals surface area contributed by atoms with Crippen LogP contribution >= 0.6 is 62.3 Å². The molecule has 1 unspecified atom stereocenters. The minimum absolute atomic E-state index is 0.0839. The molecule has 3 aromatic carbocycles. The van der Waals surface area contributed by atoms with Crippen LogP contribution in [0.25, 0.3) is 0 Å². The molecule has 10 nitrogen and oxygen atoms in total. The summed E-state index contributed by atoms with van der Waals surface area (Å²) < 4.78 is 59.8. The Morgan fingerprint density at radius 3 is 1.83 bits per heavy atom. The van der Waals surface area contributed by atoms with Crippen LogP contribution in [0.3, 0.4) is 0 Å². The van der Waals surface area contributed by atoms with Crippen molar-refractivity contribution >= 4 is 99.9 Å². The van der Waals surface area contributed by atoms with Crippen molar-refractivity contribution < 1.29 is 21.6 Å². The first-order valence-corrected chi connectivity index (χ1v) is 18.9. The number of halogens is 5. The zero-order chi connectivity index (χ0) is 33.2. The van der Waals surface area contributed by atoms with Crippen molar-refractivity contribution in [3.8, 4) is 0 Å². The van der Waals surface area contributed by atoms with E-state index >= 15 is 0 Å². The molecule has 4 aromatic rings. The summed E-state index contributed by atoms with van der Waals surface area (Å²) in [5.74, 6) is -0.343. The van der Waals surface area contributed by atoms with Gasteiger partial charge in [0.1, 0.15) is 5.54 Å². The first-order chi connectivity index (χ1) is 21.6. The Morgan fingerprint density at radius 1 is 0.783 bits per heavy atom. The molecule has 0 spiro atoms. The fourth-order valence-corrected chi connectivity index (χ4v) is 10.3. The van der Waals surface area contributed by atoms with E-state index in [4.69, 9.17) is 46.4 Å². The third kappa shape index (κ3) is 5.99. The second-order valence-electron chi connectivity index (χ2n) is 11.0. The number of anilines is 2. The summed E-state index contributed by atoms with van der Waals surface area (Å²) in [5, 5.41) is 0.698. The van der Waals surface area contributed by atoms with Gasteiger partial charge in [-0.3, -0.25) is 9.36 Å². The molecule has 0 saturated carbocycles. The largest absolute Gasteiger partial charge is 0.284 e. The Labute approximate surface area is 294 Å². The van der Waals surface area contributed by atoms with Crippen molar-refractivity contribution in [2.75, 3.05) is 31.1 Å². The second kappa shape index (κ2) is 12.4. The van der Waals surface area contributed by atoms with Gasteiger partial charge < -0.3 is 0 Å². The van der Waals surface area contributed by atoms with Crippen molar-refractivity contribution in [1.82, 2.24) is 18.2 Å². The highest BCUT2D eigenvalue weighted by atomic mass is 79.9. The third-order valence-corrected chi connectivity index (χ3v) is 13.1. The van der Waals surface area contributed by atoms with Crippen LogP contribution in [-0.4, -0.2) is 67.1 Å². The average Bonchev–Trinajstić information content (AvgIpc) is 3.51. The first-order valence-electron chi connectivity index (χ1n) is 13.7. The van der Waals surface area contributed by atoms with Gasteiger partial charge in [-0.05, 0) is 61.0 Å². The number of carbonyl (C=O) groups is 1. The summed E-state index contributed by atoms with van der Waals surface area (Å²) in [4.78, 5) is 20.0. The molecule has 0 radical (unpaired) electrons. The lowest BCUT2D eigenvalue weighted by atomic mass is 9.92. The number of benzene rings is 3. The van der Waals surface area contributed by atoms with E-state index in [1.54, 1.807) is 19.1 Å². The molecule has 46 heavy (non-hydrogen) atoms. The number of fused-ring (bicyclic) bond motifs is 1. The van der Waals surface area contributed by atoms with Crippen LogP contribution in [0.1, 0.15) is 12.5 Å². The quantitative estimate of drug-likeness (QED) is 0.208. The molecule has 242 valence electrons. The van der Waals surface area contributed by atoms with E-state index in [9.17, 15) is 21.6 Å². The molecule has 1 saturated heterocycles. The zero-order valence-electron chi connectivity index (χ0n) is 23.9. The van der Waals surface area contributed by atoms with Gasteiger partial charge in [-0.15, -0.1) is 0 Å². The SMILES string of the molecule is CC1(Cc2ccc(Br)cc2)C(=O)N(c2cc(Cl)cc(Cl)c2)c2ncc(S(=O)(=O)N3CCN(S(=O)(=O)c4cc(Cl)cc(Cl)c4)CC3)n21. The Balaban J connectivity index is 1.36. The van der Waals surface area contributed by atoms with Crippen molar-refractivity contribution in [2.24, 2.45) is 0 Å². The maximum absolute atomic E-state index is 14.3. The normalized spacial score (nSPS) is 19.5. The van der Waals surface area contributed by atoms with E-state index in [1.165, 1.54) is 48.5 Å². The number of amides is 1. The number of imidazole rings is 1. The smallest absolute Gasteiger partial charge is 0.260 e. The number of rotatable bonds is 7. The van der Waals surface area contributed by atoms with E-state index in [2.05, 4.69) is 20.9 Å². The molecule has 1 atom stereocenters. The standard InChI is InChI=1S/C29H24BrCl4N5O5S2/c1-29(16-18-2-4-19(30)5-3-18)27(40)38(24-12-20(31)10-21(32)13-24)28-35-17-26(39(28)29)46(43,44)37-8-6-36(7-9-37)45(41,42)25-14-22(33)11-23(34)15-25/h2-5,10-15,17H,6-9,16H2,1H3. The van der Waals surface area contributed by atoms with Gasteiger partial charge in [-0.1, -0.05) is 74.5 Å². The number of aromatic nitrogens is 2. The summed E-state index contributed by atoms with van der Waals surface area (Å²) in [6, 6.07) is 16.0. The topological polar surface area (TPSA) is 113 Å². The first kappa shape index (κ1) is 33.7. The van der Waals surface area contributed by atoms with Crippen molar-refractivity contribution in [2.45, 2.75) is 28.8 Å². The van der Waals surface area contributed by atoms with Gasteiger partial charge in [0.25, 0.3) is 15.9 Å². The van der Waals surface area contributed by atoms with Gasteiger partial charge in [-0.2, -0.15) is 8.61 Å². The number of sulfonamides is 2. The highest BCUT2D eigenvalue weighted by molar-refractivity contribution is 9.10. The lowest BCUT2D eigenvalue weighted by Gasteiger charge is -2.34. The summed E-state index contributed by atoms with van der Waals surface area (Å²) in [6.07, 6.45) is 1.36. The van der Waals surface area contributed by atoms with E-state index < -0.39 is 31.5 Å². The summed E-state index contributed by atoms with van der Waals surface area (Å²) >= 11 is 28.0. The fourth-order valence-electron chi connectivity index (χ4n) is 5.72. The van der Waals surface area contributed by atoms with Gasteiger partial charge in [0.2, 0.25) is 16.0 Å². The van der Waals surface area contributed by atoms with Gasteiger partial charge in [-0.25, -0.2) is 26.7 Å². The summed E-state index contributed by atoms with van der Waals surface area (Å²) in [5.41, 5.74) is -0.306. The van der Waals surface area contributed by atoms with Crippen molar-refractivity contribution in [3.63, 3.8) is 0 Å². The molecule has 0 aliphatic carbocycles. The molecule has 2 aliphatic heterocycles. The Morgan fingerprint density at radius 2 is 1.28 bits per heavy atom. The molecular formula is C29H24BrCl4N5O5S2. The summed E-state index contributed by atoms with van der Waals surface area (Å²) in [7, 11) is -8.27. The Hall–Kier alpha value is -2.20. The van der Waals surface area contributed by atoms with Gasteiger partial charge in [0.15, 0.2) is 5.03 Å². The van der Waals surface area contributed by atoms with E-state index in [0.29, 0.717) is 5.69 Å². The molecule has 1 aromatic heterocycles. The monoisotopic (exact) mass is 805 g/mol. The molecule has 0 N–H and O–H groups in total. The third-order valence-electron chi connectivity index (χ3n) is 7.91. The molecule has 3 heterocycles. The fraction of sp³-hybridized carbons (Fsp3) is 0.241. The van der Waals surface area contributed by atoms with Crippen LogP contribution in [0.4, 0.5) is 11.6 Å². The average molecular weight is 808 g/mol. The lowest BCUT2D eigenvalue weighted by molar-refractivity contribution is -0.124. The van der Waals surface area contributed by atoms with Crippen LogP contribution in [0.2, 0.25) is 20.1 Å². The number of hydrogen-bond donors (Lipinski definition) is 0. The lowest BCUT2D eigenvalue weighted by Crippen LogP contribution is -2.51.